The van der Waals surface area contributed by atoms with Gasteiger partial charge in [0.15, 0.2) is 6.29 Å². The van der Waals surface area contributed by atoms with E-state index < -0.39 is 0 Å². The highest BCUT2D eigenvalue weighted by atomic mass is 32.1. The highest BCUT2D eigenvalue weighted by Gasteiger charge is 2.55. The molecular formula is C32H23NOS4. The number of rotatable bonds is 4. The lowest BCUT2D eigenvalue weighted by molar-refractivity contribution is 0.112. The standard InChI is InChI=1S/C32H23NOS4/c34-16-21-11-12-24(35-21)26-15-28-32(38-26)31-27(36-28)14-25(37-31)17-7-9-20(10-8-17)33-23-4-2-1-3-22(23)29-18-5-6-19(13-18)30(29)33/h1-4,7-12,14-16,18-19,29-30H,5-6,13H2. The number of para-hydroxylation sites is 1. The summed E-state index contributed by atoms with van der Waals surface area (Å²) in [5.41, 5.74) is 5.66. The predicted molar refractivity (Wildman–Crippen MR) is 165 cm³/mol. The highest BCUT2D eigenvalue weighted by Crippen LogP contribution is 2.62. The second-order valence-electron chi connectivity index (χ2n) is 10.9. The van der Waals surface area contributed by atoms with E-state index in [1.54, 1.807) is 16.9 Å². The van der Waals surface area contributed by atoms with Crippen LogP contribution in [-0.4, -0.2) is 12.3 Å². The Morgan fingerprint density at radius 3 is 2.32 bits per heavy atom. The topological polar surface area (TPSA) is 20.3 Å². The number of thiophene rings is 4. The quantitative estimate of drug-likeness (QED) is 0.198. The third kappa shape index (κ3) is 3.06. The zero-order valence-electron chi connectivity index (χ0n) is 20.4. The molecule has 4 unspecified atom stereocenters. The molecule has 2 bridgehead atoms. The third-order valence-electron chi connectivity index (χ3n) is 8.96. The largest absolute Gasteiger partial charge is 0.337 e. The van der Waals surface area contributed by atoms with Crippen LogP contribution in [0, 0.1) is 11.8 Å². The van der Waals surface area contributed by atoms with Crippen molar-refractivity contribution in [3.05, 3.63) is 83.2 Å². The summed E-state index contributed by atoms with van der Waals surface area (Å²) < 4.78 is 5.50. The fourth-order valence-corrected chi connectivity index (χ4v) is 12.4. The van der Waals surface area contributed by atoms with Crippen LogP contribution >= 0.6 is 45.3 Å². The summed E-state index contributed by atoms with van der Waals surface area (Å²) in [7, 11) is 0. The summed E-state index contributed by atoms with van der Waals surface area (Å²) in [5, 5.41) is 0. The molecule has 2 aromatic carbocycles. The second kappa shape index (κ2) is 8.12. The van der Waals surface area contributed by atoms with Gasteiger partial charge in [0.2, 0.25) is 0 Å². The fourth-order valence-electron chi connectivity index (χ4n) is 7.46. The predicted octanol–water partition coefficient (Wildman–Crippen LogP) is 10.4. The van der Waals surface area contributed by atoms with E-state index in [9.17, 15) is 4.79 Å². The van der Waals surface area contributed by atoms with Crippen molar-refractivity contribution in [2.75, 3.05) is 4.90 Å². The molecule has 38 heavy (non-hydrogen) atoms. The van der Waals surface area contributed by atoms with E-state index in [4.69, 9.17) is 0 Å². The van der Waals surface area contributed by atoms with Gasteiger partial charge in [-0.25, -0.2) is 0 Å². The summed E-state index contributed by atoms with van der Waals surface area (Å²) in [6, 6.07) is 27.8. The number of fused-ring (bicyclic) bond motifs is 10. The van der Waals surface area contributed by atoms with Crippen LogP contribution in [0.25, 0.3) is 39.0 Å². The number of hydrogen-bond donors (Lipinski definition) is 0. The van der Waals surface area contributed by atoms with E-state index in [1.165, 1.54) is 69.6 Å². The first-order chi connectivity index (χ1) is 18.7. The highest BCUT2D eigenvalue weighted by molar-refractivity contribution is 7.40. The van der Waals surface area contributed by atoms with Gasteiger partial charge in [-0.15, -0.1) is 45.3 Å². The number of aldehydes is 1. The Morgan fingerprint density at radius 1 is 0.737 bits per heavy atom. The third-order valence-corrected chi connectivity index (χ3v) is 14.0. The van der Waals surface area contributed by atoms with Gasteiger partial charge in [-0.05, 0) is 84.7 Å². The van der Waals surface area contributed by atoms with E-state index in [0.717, 1.165) is 23.0 Å². The molecule has 0 radical (unpaired) electrons. The average Bonchev–Trinajstić information content (AvgIpc) is 3.78. The summed E-state index contributed by atoms with van der Waals surface area (Å²) in [6.07, 6.45) is 5.16. The molecule has 2 saturated carbocycles. The van der Waals surface area contributed by atoms with Crippen molar-refractivity contribution in [3.63, 3.8) is 0 Å². The molecule has 2 fully saturated rings. The van der Waals surface area contributed by atoms with E-state index >= 15 is 0 Å². The van der Waals surface area contributed by atoms with Crippen LogP contribution < -0.4 is 4.90 Å². The van der Waals surface area contributed by atoms with Gasteiger partial charge < -0.3 is 4.90 Å². The molecule has 4 aromatic heterocycles. The van der Waals surface area contributed by atoms with Crippen molar-refractivity contribution in [2.45, 2.75) is 31.2 Å². The summed E-state index contributed by atoms with van der Waals surface area (Å²) in [6.45, 7) is 0. The molecule has 2 aliphatic carbocycles. The van der Waals surface area contributed by atoms with Crippen LogP contribution in [-0.2, 0) is 0 Å². The van der Waals surface area contributed by atoms with Crippen molar-refractivity contribution in [1.82, 2.24) is 0 Å². The van der Waals surface area contributed by atoms with Crippen molar-refractivity contribution in [3.8, 4) is 20.2 Å². The first-order valence-corrected chi connectivity index (χ1v) is 16.5. The maximum absolute atomic E-state index is 11.1. The van der Waals surface area contributed by atoms with Crippen LogP contribution in [0.5, 0.6) is 0 Å². The smallest absolute Gasteiger partial charge is 0.160 e. The van der Waals surface area contributed by atoms with Gasteiger partial charge in [0.05, 0.1) is 14.3 Å². The Kier molecular flexibility index (Phi) is 4.72. The van der Waals surface area contributed by atoms with Gasteiger partial charge in [-0.1, -0.05) is 30.3 Å². The Morgan fingerprint density at radius 2 is 1.50 bits per heavy atom. The van der Waals surface area contributed by atoms with Crippen molar-refractivity contribution >= 4 is 81.8 Å². The maximum Gasteiger partial charge on any atom is 0.160 e. The lowest BCUT2D eigenvalue weighted by Crippen LogP contribution is -2.35. The summed E-state index contributed by atoms with van der Waals surface area (Å²) >= 11 is 7.23. The molecule has 0 saturated heterocycles. The lowest BCUT2D eigenvalue weighted by atomic mass is 9.82. The average molecular weight is 566 g/mol. The molecule has 5 heterocycles. The molecule has 0 spiro atoms. The maximum atomic E-state index is 11.1. The van der Waals surface area contributed by atoms with E-state index in [1.807, 2.05) is 40.1 Å². The zero-order valence-corrected chi connectivity index (χ0v) is 23.7. The molecule has 6 aromatic rings. The molecule has 3 aliphatic rings. The van der Waals surface area contributed by atoms with E-state index in [-0.39, 0.29) is 0 Å². The fraction of sp³-hybridized carbons (Fsp3) is 0.219. The minimum Gasteiger partial charge on any atom is -0.337 e. The van der Waals surface area contributed by atoms with E-state index in [0.29, 0.717) is 12.0 Å². The minimum atomic E-state index is 0.636. The molecule has 0 N–H and O–H groups in total. The number of hydrogen-bond acceptors (Lipinski definition) is 6. The van der Waals surface area contributed by atoms with Gasteiger partial charge in [-0.2, -0.15) is 0 Å². The Bertz CT molecular complexity index is 1870. The van der Waals surface area contributed by atoms with Gasteiger partial charge in [-0.3, -0.25) is 4.79 Å². The normalized spacial score (nSPS) is 23.5. The first kappa shape index (κ1) is 22.1. The second-order valence-corrected chi connectivity index (χ2v) is 15.2. The Hall–Kier alpha value is -2.77. The van der Waals surface area contributed by atoms with Gasteiger partial charge in [0, 0.05) is 47.4 Å². The van der Waals surface area contributed by atoms with Gasteiger partial charge in [0.1, 0.15) is 0 Å². The number of carbonyl (C=O) groups is 1. The molecule has 2 nitrogen and oxygen atoms in total. The molecule has 9 rings (SSSR count). The lowest BCUT2D eigenvalue weighted by Gasteiger charge is -2.33. The van der Waals surface area contributed by atoms with Gasteiger partial charge in [0.25, 0.3) is 0 Å². The Balaban J connectivity index is 1.06. The SMILES string of the molecule is O=Cc1ccc(-c2cc3sc4cc(-c5ccc(N6c7ccccc7C7C8CCC(C8)C76)cc5)sc4c3s2)s1. The number of benzene rings is 2. The van der Waals surface area contributed by atoms with Crippen LogP contribution in [0.1, 0.15) is 40.4 Å². The number of anilines is 2. The number of nitrogens with zero attached hydrogens (tertiary/aromatic N) is 1. The van der Waals surface area contributed by atoms with Crippen LogP contribution in [0.2, 0.25) is 0 Å². The summed E-state index contributed by atoms with van der Waals surface area (Å²) in [4.78, 5) is 18.4. The van der Waals surface area contributed by atoms with Gasteiger partial charge >= 0.3 is 0 Å². The number of carbonyl (C=O) groups excluding carboxylic acids is 1. The monoisotopic (exact) mass is 565 g/mol. The molecule has 186 valence electrons. The van der Waals surface area contributed by atoms with Crippen LogP contribution in [0.3, 0.4) is 0 Å². The first-order valence-electron chi connectivity index (χ1n) is 13.2. The Labute approximate surface area is 236 Å². The zero-order chi connectivity index (χ0) is 25.0. The summed E-state index contributed by atoms with van der Waals surface area (Å²) in [5.74, 6) is 2.42. The van der Waals surface area contributed by atoms with E-state index in [2.05, 4.69) is 71.6 Å². The molecule has 1 aliphatic heterocycles. The van der Waals surface area contributed by atoms with Crippen molar-refractivity contribution < 1.29 is 4.79 Å². The molecular weight excluding hydrogens is 543 g/mol. The minimum absolute atomic E-state index is 0.636. The van der Waals surface area contributed by atoms with Crippen LogP contribution in [0.15, 0.2) is 72.8 Å². The van der Waals surface area contributed by atoms with Crippen molar-refractivity contribution in [1.29, 1.82) is 0 Å². The molecule has 6 heteroatoms. The van der Waals surface area contributed by atoms with Crippen molar-refractivity contribution in [2.24, 2.45) is 11.8 Å². The molecule has 0 amide bonds. The van der Waals surface area contributed by atoms with Crippen LogP contribution in [0.4, 0.5) is 11.4 Å². The molecule has 4 atom stereocenters.